The maximum atomic E-state index is 12.0. The highest BCUT2D eigenvalue weighted by Crippen LogP contribution is 2.26. The van der Waals surface area contributed by atoms with E-state index >= 15 is 0 Å². The van der Waals surface area contributed by atoms with E-state index < -0.39 is 5.91 Å². The van der Waals surface area contributed by atoms with Crippen molar-refractivity contribution in [2.45, 2.75) is 13.3 Å². The van der Waals surface area contributed by atoms with E-state index in [-0.39, 0.29) is 30.8 Å². The van der Waals surface area contributed by atoms with Crippen molar-refractivity contribution in [1.29, 1.82) is 0 Å². The first-order valence-corrected chi connectivity index (χ1v) is 7.07. The zero-order valence-corrected chi connectivity index (χ0v) is 15.2. The number of carbonyl (C=O) groups is 1. The number of nitrogens with zero attached hydrogens (tertiary/aromatic N) is 1. The molecule has 0 saturated carbocycles. The molecule has 134 valence electrons. The van der Waals surface area contributed by atoms with Crippen LogP contribution in [0.15, 0.2) is 23.2 Å². The molecule has 2 rings (SSSR count). The SMILES string of the molecule is CNC(N)=NC(=O)c1cc2c(C)cc(OCCCN)cc2[nH]1.Cl.Cl. The Kier molecular flexibility index (Phi) is 9.20. The van der Waals surface area contributed by atoms with Crippen molar-refractivity contribution in [3.63, 3.8) is 0 Å². The summed E-state index contributed by atoms with van der Waals surface area (Å²) in [6.07, 6.45) is 0.795. The number of hydrogen-bond acceptors (Lipinski definition) is 3. The number of rotatable bonds is 5. The van der Waals surface area contributed by atoms with Crippen LogP contribution in [0.3, 0.4) is 0 Å². The minimum atomic E-state index is -0.423. The van der Waals surface area contributed by atoms with E-state index in [0.717, 1.165) is 28.6 Å². The summed E-state index contributed by atoms with van der Waals surface area (Å²) in [5.74, 6) is 0.400. The Labute approximate surface area is 153 Å². The summed E-state index contributed by atoms with van der Waals surface area (Å²) in [4.78, 5) is 18.8. The number of aryl methyl sites for hydroxylation is 1. The lowest BCUT2D eigenvalue weighted by Crippen LogP contribution is -2.28. The van der Waals surface area contributed by atoms with E-state index in [1.54, 1.807) is 13.1 Å². The summed E-state index contributed by atoms with van der Waals surface area (Å²) in [6.45, 7) is 3.12. The normalized spacial score (nSPS) is 10.7. The molecule has 0 spiro atoms. The molecule has 1 aromatic heterocycles. The molecule has 24 heavy (non-hydrogen) atoms. The number of halogens is 2. The Morgan fingerprint density at radius 2 is 2.04 bits per heavy atom. The predicted octanol–water partition coefficient (Wildman–Crippen LogP) is 1.72. The summed E-state index contributed by atoms with van der Waals surface area (Å²) in [6, 6.07) is 5.57. The lowest BCUT2D eigenvalue weighted by atomic mass is 10.1. The van der Waals surface area contributed by atoms with Gasteiger partial charge in [0.25, 0.3) is 5.91 Å². The summed E-state index contributed by atoms with van der Waals surface area (Å²) < 4.78 is 5.64. The Bertz CT molecular complexity index is 715. The number of guanidine groups is 1. The maximum absolute atomic E-state index is 12.0. The maximum Gasteiger partial charge on any atom is 0.296 e. The summed E-state index contributed by atoms with van der Waals surface area (Å²) in [7, 11) is 1.60. The van der Waals surface area contributed by atoms with Crippen LogP contribution in [0, 0.1) is 6.92 Å². The third kappa shape index (κ3) is 5.30. The first kappa shape index (κ1) is 22.0. The van der Waals surface area contributed by atoms with Crippen LogP contribution >= 0.6 is 24.8 Å². The van der Waals surface area contributed by atoms with Gasteiger partial charge < -0.3 is 26.5 Å². The van der Waals surface area contributed by atoms with E-state index in [9.17, 15) is 4.79 Å². The number of aromatic amines is 1. The third-order valence-corrected chi connectivity index (χ3v) is 3.24. The molecule has 0 saturated heterocycles. The Morgan fingerprint density at radius 3 is 2.67 bits per heavy atom. The fraction of sp³-hybridized carbons (Fsp3) is 0.333. The lowest BCUT2D eigenvalue weighted by Gasteiger charge is -2.06. The number of nitrogens with one attached hydrogen (secondary N) is 2. The van der Waals surface area contributed by atoms with Gasteiger partial charge in [-0.25, -0.2) is 0 Å². The van der Waals surface area contributed by atoms with Crippen LogP contribution in [0.2, 0.25) is 0 Å². The highest BCUT2D eigenvalue weighted by Gasteiger charge is 2.12. The van der Waals surface area contributed by atoms with E-state index in [2.05, 4.69) is 15.3 Å². The first-order valence-electron chi connectivity index (χ1n) is 7.07. The molecule has 0 radical (unpaired) electrons. The van der Waals surface area contributed by atoms with Gasteiger partial charge in [0.15, 0.2) is 5.96 Å². The zero-order chi connectivity index (χ0) is 16.1. The van der Waals surface area contributed by atoms with Crippen molar-refractivity contribution in [3.05, 3.63) is 29.5 Å². The summed E-state index contributed by atoms with van der Waals surface area (Å²) >= 11 is 0. The number of amides is 1. The van der Waals surface area contributed by atoms with E-state index in [1.807, 2.05) is 19.1 Å². The molecule has 0 atom stereocenters. The molecule has 1 aromatic carbocycles. The average molecular weight is 376 g/mol. The number of ether oxygens (including phenoxy) is 1. The standard InChI is InChI=1S/C15H21N5O2.2ClH/c1-9-6-10(22-5-3-4-16)7-12-11(9)8-13(19-12)14(21)20-15(17)18-2;;/h6-8,19H,3-5,16H2,1-2H3,(H3,17,18,20,21);2*1H. The van der Waals surface area contributed by atoms with Gasteiger partial charge in [0.1, 0.15) is 11.4 Å². The molecule has 0 aliphatic rings. The van der Waals surface area contributed by atoms with E-state index in [0.29, 0.717) is 18.8 Å². The molecule has 6 N–H and O–H groups in total. The van der Waals surface area contributed by atoms with Crippen molar-refractivity contribution in [1.82, 2.24) is 10.3 Å². The second-order valence-electron chi connectivity index (χ2n) is 4.93. The van der Waals surface area contributed by atoms with Crippen LogP contribution < -0.4 is 21.5 Å². The molecule has 1 amide bonds. The Morgan fingerprint density at radius 1 is 1.33 bits per heavy atom. The molecule has 0 unspecified atom stereocenters. The molecule has 7 nitrogen and oxygen atoms in total. The highest BCUT2D eigenvalue weighted by molar-refractivity contribution is 6.04. The van der Waals surface area contributed by atoms with Gasteiger partial charge in [0, 0.05) is 24.0 Å². The molecule has 9 heteroatoms. The van der Waals surface area contributed by atoms with Gasteiger partial charge in [-0.05, 0) is 37.6 Å². The third-order valence-electron chi connectivity index (χ3n) is 3.24. The molecule has 1 heterocycles. The molecule has 0 fully saturated rings. The van der Waals surface area contributed by atoms with Gasteiger partial charge in [-0.2, -0.15) is 4.99 Å². The minimum Gasteiger partial charge on any atom is -0.493 e. The van der Waals surface area contributed by atoms with Crippen LogP contribution in [-0.2, 0) is 0 Å². The minimum absolute atomic E-state index is 0. The fourth-order valence-electron chi connectivity index (χ4n) is 2.08. The molecule has 0 aliphatic carbocycles. The smallest absolute Gasteiger partial charge is 0.296 e. The zero-order valence-electron chi connectivity index (χ0n) is 13.6. The predicted molar refractivity (Wildman–Crippen MR) is 102 cm³/mol. The fourth-order valence-corrected chi connectivity index (χ4v) is 2.08. The van der Waals surface area contributed by atoms with Crippen LogP contribution in [0.1, 0.15) is 22.5 Å². The first-order chi connectivity index (χ1) is 10.5. The van der Waals surface area contributed by atoms with Gasteiger partial charge in [0.2, 0.25) is 0 Å². The van der Waals surface area contributed by atoms with Crippen molar-refractivity contribution < 1.29 is 9.53 Å². The summed E-state index contributed by atoms with van der Waals surface area (Å²) in [5.41, 5.74) is 13.2. The van der Waals surface area contributed by atoms with Crippen LogP contribution in [0.5, 0.6) is 5.75 Å². The molecule has 0 aliphatic heterocycles. The van der Waals surface area contributed by atoms with Gasteiger partial charge in [-0.3, -0.25) is 4.79 Å². The number of benzene rings is 1. The van der Waals surface area contributed by atoms with Crippen LogP contribution in [-0.4, -0.2) is 37.1 Å². The van der Waals surface area contributed by atoms with Gasteiger partial charge >= 0.3 is 0 Å². The number of nitrogens with two attached hydrogens (primary N) is 2. The Hall–Kier alpha value is -1.96. The molecule has 0 bridgehead atoms. The van der Waals surface area contributed by atoms with Crippen molar-refractivity contribution in [3.8, 4) is 5.75 Å². The van der Waals surface area contributed by atoms with Crippen molar-refractivity contribution >= 4 is 47.6 Å². The number of fused-ring (bicyclic) bond motifs is 1. The van der Waals surface area contributed by atoms with Crippen LogP contribution in [0.25, 0.3) is 10.9 Å². The average Bonchev–Trinajstić information content (AvgIpc) is 2.92. The second-order valence-corrected chi connectivity index (χ2v) is 4.93. The van der Waals surface area contributed by atoms with Gasteiger partial charge in [-0.15, -0.1) is 24.8 Å². The monoisotopic (exact) mass is 375 g/mol. The largest absolute Gasteiger partial charge is 0.493 e. The number of aromatic nitrogens is 1. The molecular weight excluding hydrogens is 353 g/mol. The highest BCUT2D eigenvalue weighted by atomic mass is 35.5. The number of H-pyrrole nitrogens is 1. The second kappa shape index (κ2) is 10.0. The topological polar surface area (TPSA) is 119 Å². The van der Waals surface area contributed by atoms with Gasteiger partial charge in [-0.1, -0.05) is 0 Å². The molecule has 2 aromatic rings. The number of hydrogen-bond donors (Lipinski definition) is 4. The van der Waals surface area contributed by atoms with Crippen LogP contribution in [0.4, 0.5) is 0 Å². The quantitative estimate of drug-likeness (QED) is 0.360. The number of aliphatic imine (C=N–C) groups is 1. The van der Waals surface area contributed by atoms with E-state index in [4.69, 9.17) is 16.2 Å². The number of carbonyl (C=O) groups excluding carboxylic acids is 1. The van der Waals surface area contributed by atoms with Crippen molar-refractivity contribution in [2.24, 2.45) is 16.5 Å². The Balaban J connectivity index is 0.00000264. The van der Waals surface area contributed by atoms with Gasteiger partial charge in [0.05, 0.1) is 6.61 Å². The lowest BCUT2D eigenvalue weighted by molar-refractivity contribution is 0.0998. The van der Waals surface area contributed by atoms with Crippen molar-refractivity contribution in [2.75, 3.05) is 20.2 Å². The van der Waals surface area contributed by atoms with E-state index in [1.165, 1.54) is 0 Å². The molecular formula is C15H23Cl2N5O2. The summed E-state index contributed by atoms with van der Waals surface area (Å²) in [5, 5.41) is 3.56.